The van der Waals surface area contributed by atoms with Crippen LogP contribution in [0.4, 0.5) is 0 Å². The van der Waals surface area contributed by atoms with Crippen LogP contribution in [-0.2, 0) is 4.79 Å². The molecule has 3 nitrogen and oxygen atoms in total. The van der Waals surface area contributed by atoms with Gasteiger partial charge in [0.15, 0.2) is 17.3 Å². The van der Waals surface area contributed by atoms with Crippen LogP contribution in [-0.4, -0.2) is 17.5 Å². The Morgan fingerprint density at radius 1 is 1.24 bits per heavy atom. The van der Waals surface area contributed by atoms with E-state index in [2.05, 4.69) is 6.92 Å². The van der Waals surface area contributed by atoms with Gasteiger partial charge >= 0.3 is 0 Å². The second-order valence-electron chi connectivity index (χ2n) is 4.86. The lowest BCUT2D eigenvalue weighted by Crippen LogP contribution is -1.96. The molecule has 0 amide bonds. The van der Waals surface area contributed by atoms with Gasteiger partial charge in [0.2, 0.25) is 0 Å². The largest absolute Gasteiger partial charge is 0.504 e. The van der Waals surface area contributed by atoms with Crippen LogP contribution in [0.2, 0.25) is 0 Å². The lowest BCUT2D eigenvalue weighted by molar-refractivity contribution is -0.114. The predicted octanol–water partition coefficient (Wildman–Crippen LogP) is 4.51. The van der Waals surface area contributed by atoms with E-state index in [1.807, 2.05) is 19.1 Å². The summed E-state index contributed by atoms with van der Waals surface area (Å²) in [6.45, 7) is 4.68. The Hall–Kier alpha value is -2.03. The molecule has 0 fully saturated rings. The van der Waals surface area contributed by atoms with Gasteiger partial charge in [0.05, 0.1) is 6.61 Å². The van der Waals surface area contributed by atoms with Crippen molar-refractivity contribution in [3.63, 3.8) is 0 Å². The van der Waals surface area contributed by atoms with Crippen molar-refractivity contribution >= 4 is 11.9 Å². The molecular weight excluding hydrogens is 264 g/mol. The number of hydrogen-bond donors (Lipinski definition) is 1. The van der Waals surface area contributed by atoms with Gasteiger partial charge in [0.25, 0.3) is 0 Å². The minimum atomic E-state index is 0.136. The van der Waals surface area contributed by atoms with Crippen molar-refractivity contribution in [1.29, 1.82) is 0 Å². The van der Waals surface area contributed by atoms with Gasteiger partial charge in [0.1, 0.15) is 0 Å². The second kappa shape index (κ2) is 9.81. The second-order valence-corrected chi connectivity index (χ2v) is 4.86. The summed E-state index contributed by atoms with van der Waals surface area (Å²) in [4.78, 5) is 11.3. The molecule has 0 saturated carbocycles. The maximum absolute atomic E-state index is 11.3. The molecule has 0 saturated heterocycles. The normalized spacial score (nSPS) is 11.3. The third kappa shape index (κ3) is 6.80. The standard InChI is InChI=1S/C18H24O3/c1-3-5-13-21-18-14-15(11-12-17(18)20)9-6-7-10-16(19)8-4-2/h6-7,9-12,14,20H,3-5,8,13H2,1-2H3. The molecule has 114 valence electrons. The molecule has 0 aliphatic rings. The van der Waals surface area contributed by atoms with Gasteiger partial charge in [-0.15, -0.1) is 0 Å². The SMILES string of the molecule is CCCCOc1cc(C=CC=CC(=O)CCC)ccc1O. The van der Waals surface area contributed by atoms with Crippen LogP contribution in [0.15, 0.2) is 36.4 Å². The molecule has 0 radical (unpaired) electrons. The van der Waals surface area contributed by atoms with Crippen molar-refractivity contribution in [1.82, 2.24) is 0 Å². The number of rotatable bonds is 9. The molecule has 0 heterocycles. The Morgan fingerprint density at radius 2 is 2.05 bits per heavy atom. The third-order valence-electron chi connectivity index (χ3n) is 2.92. The van der Waals surface area contributed by atoms with Crippen LogP contribution in [0.1, 0.15) is 45.1 Å². The van der Waals surface area contributed by atoms with Crippen LogP contribution < -0.4 is 4.74 Å². The smallest absolute Gasteiger partial charge is 0.161 e. The van der Waals surface area contributed by atoms with Crippen LogP contribution in [0.25, 0.3) is 6.08 Å². The average molecular weight is 288 g/mol. The Balaban J connectivity index is 2.62. The molecule has 0 aliphatic heterocycles. The van der Waals surface area contributed by atoms with E-state index in [1.54, 1.807) is 30.4 Å². The van der Waals surface area contributed by atoms with Crippen molar-refractivity contribution in [2.24, 2.45) is 0 Å². The minimum Gasteiger partial charge on any atom is -0.504 e. The molecule has 0 spiro atoms. The number of aromatic hydroxyl groups is 1. The number of phenols is 1. The van der Waals surface area contributed by atoms with E-state index in [0.717, 1.165) is 24.8 Å². The first-order valence-electron chi connectivity index (χ1n) is 7.50. The number of ether oxygens (including phenoxy) is 1. The summed E-state index contributed by atoms with van der Waals surface area (Å²) in [5.74, 6) is 0.782. The quantitative estimate of drug-likeness (QED) is 0.413. The van der Waals surface area contributed by atoms with Crippen LogP contribution in [0.3, 0.4) is 0 Å². The molecule has 0 aliphatic carbocycles. The van der Waals surface area contributed by atoms with Gasteiger partial charge in [-0.05, 0) is 36.6 Å². The number of carbonyl (C=O) groups is 1. The van der Waals surface area contributed by atoms with Crippen molar-refractivity contribution in [3.05, 3.63) is 42.0 Å². The Labute approximate surface area is 127 Å². The maximum atomic E-state index is 11.3. The molecule has 21 heavy (non-hydrogen) atoms. The van der Waals surface area contributed by atoms with E-state index in [9.17, 15) is 9.90 Å². The summed E-state index contributed by atoms with van der Waals surface area (Å²) in [6.07, 6.45) is 10.5. The summed E-state index contributed by atoms with van der Waals surface area (Å²) < 4.78 is 5.54. The zero-order valence-corrected chi connectivity index (χ0v) is 12.8. The summed E-state index contributed by atoms with van der Waals surface area (Å²) in [5.41, 5.74) is 0.923. The highest BCUT2D eigenvalue weighted by Gasteiger charge is 2.02. The fraction of sp³-hybridized carbons (Fsp3) is 0.389. The highest BCUT2D eigenvalue weighted by atomic mass is 16.5. The van der Waals surface area contributed by atoms with Crippen molar-refractivity contribution in [2.75, 3.05) is 6.61 Å². The molecule has 1 aromatic rings. The molecule has 0 aromatic heterocycles. The number of phenolic OH excluding ortho intramolecular Hbond substituents is 1. The maximum Gasteiger partial charge on any atom is 0.161 e. The highest BCUT2D eigenvalue weighted by molar-refractivity contribution is 5.89. The first-order valence-corrected chi connectivity index (χ1v) is 7.50. The number of allylic oxidation sites excluding steroid dienone is 3. The number of benzene rings is 1. The van der Waals surface area contributed by atoms with Crippen molar-refractivity contribution < 1.29 is 14.6 Å². The van der Waals surface area contributed by atoms with Crippen LogP contribution in [0.5, 0.6) is 11.5 Å². The lowest BCUT2D eigenvalue weighted by Gasteiger charge is -2.08. The van der Waals surface area contributed by atoms with Gasteiger partial charge in [0, 0.05) is 6.42 Å². The highest BCUT2D eigenvalue weighted by Crippen LogP contribution is 2.27. The fourth-order valence-electron chi connectivity index (χ4n) is 1.74. The van der Waals surface area contributed by atoms with Gasteiger partial charge in [-0.1, -0.05) is 44.6 Å². The molecule has 1 aromatic carbocycles. The molecule has 0 unspecified atom stereocenters. The zero-order valence-electron chi connectivity index (χ0n) is 12.8. The van der Waals surface area contributed by atoms with Crippen LogP contribution >= 0.6 is 0 Å². The predicted molar refractivity (Wildman–Crippen MR) is 86.6 cm³/mol. The van der Waals surface area contributed by atoms with Crippen molar-refractivity contribution in [3.8, 4) is 11.5 Å². The fourth-order valence-corrected chi connectivity index (χ4v) is 1.74. The van der Waals surface area contributed by atoms with Gasteiger partial charge < -0.3 is 9.84 Å². The summed E-state index contributed by atoms with van der Waals surface area (Å²) in [5, 5.41) is 9.73. The molecular formula is C18H24O3. The van der Waals surface area contributed by atoms with E-state index >= 15 is 0 Å². The van der Waals surface area contributed by atoms with E-state index in [0.29, 0.717) is 18.8 Å². The van der Waals surface area contributed by atoms with Crippen molar-refractivity contribution in [2.45, 2.75) is 39.5 Å². The number of unbranched alkanes of at least 4 members (excludes halogenated alkanes) is 1. The molecule has 1 N–H and O–H groups in total. The zero-order chi connectivity index (χ0) is 15.5. The molecule has 1 rings (SSSR count). The molecule has 0 atom stereocenters. The van der Waals surface area contributed by atoms with Gasteiger partial charge in [-0.3, -0.25) is 4.79 Å². The summed E-state index contributed by atoms with van der Waals surface area (Å²) in [7, 11) is 0. The van der Waals surface area contributed by atoms with E-state index in [1.165, 1.54) is 0 Å². The Kier molecular flexibility index (Phi) is 7.95. The molecule has 0 bridgehead atoms. The van der Waals surface area contributed by atoms with Gasteiger partial charge in [-0.2, -0.15) is 0 Å². The average Bonchev–Trinajstić information content (AvgIpc) is 2.47. The van der Waals surface area contributed by atoms with E-state index in [4.69, 9.17) is 4.74 Å². The minimum absolute atomic E-state index is 0.136. The molecule has 3 heteroatoms. The Morgan fingerprint density at radius 3 is 2.76 bits per heavy atom. The van der Waals surface area contributed by atoms with Crippen LogP contribution in [0, 0.1) is 0 Å². The van der Waals surface area contributed by atoms with E-state index < -0.39 is 0 Å². The van der Waals surface area contributed by atoms with E-state index in [-0.39, 0.29) is 11.5 Å². The topological polar surface area (TPSA) is 46.5 Å². The monoisotopic (exact) mass is 288 g/mol. The first-order chi connectivity index (χ1) is 10.2. The third-order valence-corrected chi connectivity index (χ3v) is 2.92. The Bertz CT molecular complexity index is 501. The number of carbonyl (C=O) groups excluding carboxylic acids is 1. The number of ketones is 1. The van der Waals surface area contributed by atoms with Gasteiger partial charge in [-0.25, -0.2) is 0 Å². The number of hydrogen-bond acceptors (Lipinski definition) is 3. The lowest BCUT2D eigenvalue weighted by atomic mass is 10.1. The summed E-state index contributed by atoms with van der Waals surface area (Å²) >= 11 is 0. The first kappa shape index (κ1) is 17.0. The summed E-state index contributed by atoms with van der Waals surface area (Å²) in [6, 6.07) is 5.22.